The Kier molecular flexibility index (Phi) is 36.0. The Bertz CT molecular complexity index is 5220. The number of carboxylic acids is 5. The molecule has 40 nitrogen and oxygen atoms in total. The Morgan fingerprint density at radius 1 is 0.690 bits per heavy atom. The van der Waals surface area contributed by atoms with Crippen molar-refractivity contribution in [1.82, 2.24) is 53.6 Å². The maximum Gasteiger partial charge on any atom is 0.430 e. The van der Waals surface area contributed by atoms with E-state index >= 15 is 0 Å². The fourth-order valence-corrected chi connectivity index (χ4v) is 16.2. The number of oxime groups is 2. The molecular formula is C76H89BClF3N20O20S4U. The number of halogens is 4. The van der Waals surface area contributed by atoms with E-state index in [-0.39, 0.29) is 132 Å². The summed E-state index contributed by atoms with van der Waals surface area (Å²) in [7, 11) is 7.26. The first-order valence-corrected chi connectivity index (χ1v) is 41.4. The van der Waals surface area contributed by atoms with Gasteiger partial charge in [0.15, 0.2) is 51.3 Å². The number of nitrogens with two attached hydrogens (primary N) is 4. The van der Waals surface area contributed by atoms with Crippen LogP contribution in [0.15, 0.2) is 136 Å². The summed E-state index contributed by atoms with van der Waals surface area (Å²) in [6.45, 7) is 11.3. The van der Waals surface area contributed by atoms with Crippen molar-refractivity contribution in [3.05, 3.63) is 160 Å². The fourth-order valence-electron chi connectivity index (χ4n) is 12.2. The number of Topliss-reactive ketones (excluding diaryl/α,β-unsaturated/α-hetero) is 3. The number of nitrogens with zero attached hydrogens (tertiary/aromatic N) is 12. The molecule has 3 aromatic carbocycles. The van der Waals surface area contributed by atoms with E-state index in [1.54, 1.807) is 22.6 Å². The van der Waals surface area contributed by atoms with Crippen molar-refractivity contribution in [3.8, 4) is 0 Å². The fraction of sp³-hybridized carbons (Fsp3) is 0.395. The number of aromatic nitrogens is 8. The molecule has 7 aromatic rings. The number of thioether (sulfide) groups is 2. The summed E-state index contributed by atoms with van der Waals surface area (Å²) in [5.41, 5.74) is 21.9. The van der Waals surface area contributed by atoms with Crippen LogP contribution in [0.1, 0.15) is 108 Å². The third-order valence-electron chi connectivity index (χ3n) is 18.5. The van der Waals surface area contributed by atoms with Crippen LogP contribution in [0.3, 0.4) is 0 Å². The molecular weight excluding hydrogens is 1980 g/mol. The summed E-state index contributed by atoms with van der Waals surface area (Å²) in [5, 5.41) is 69.4. The number of hydrogen-bond donors (Lipinski definition) is 12. The second-order valence-corrected chi connectivity index (χ2v) is 33.5. The number of alkyl carbamates (subject to hydrolysis) is 1. The SMILES string of the molecule is CC(C)(O/N=C(\C(=O)C[C@@H]1C(=O)N2C(C(=O)O)=C(CCl)CSC12)c1nsc(N)n1)C(=O)O.Cn1c(N)c(NC(=O)NCCN)c[n+]1CC1=C(C(=O)O)N2C(=O)[C@@H](CC(=O)/C(=N\OC(C)(C)C(=O)O)c3nsc(N)n3)C2SC1.Cn1ncc(CC(=O)CCCNC(=O)OC(C)(C)C)c1NC(c1ccccc1)(c1ccccc1)c1ccccc1.O=C([O-])C(F)(F)F.[3H][B].[U]. The van der Waals surface area contributed by atoms with Gasteiger partial charge in [-0.1, -0.05) is 101 Å². The molecule has 2 unspecified atom stereocenters. The third kappa shape index (κ3) is 25.9. The normalized spacial score (nSPS) is 16.3. The summed E-state index contributed by atoms with van der Waals surface area (Å²) < 4.78 is 54.8. The van der Waals surface area contributed by atoms with Crippen LogP contribution in [0.2, 0.25) is 0 Å². The number of urea groups is 1. The first kappa shape index (κ1) is 102. The minimum atomic E-state index is -5.19. The van der Waals surface area contributed by atoms with Gasteiger partial charge in [0.05, 0.1) is 35.8 Å². The molecule has 50 heteroatoms. The molecule has 0 bridgehead atoms. The Labute approximate surface area is 765 Å². The average Bonchev–Trinajstić information content (AvgIpc) is 1.18. The zero-order valence-corrected chi connectivity index (χ0v) is 77.0. The van der Waals surface area contributed by atoms with Crippen molar-refractivity contribution in [2.45, 2.75) is 126 Å². The van der Waals surface area contributed by atoms with Gasteiger partial charge in [-0.15, -0.1) is 44.5 Å². The van der Waals surface area contributed by atoms with Crippen LogP contribution in [0, 0.1) is 42.9 Å². The van der Waals surface area contributed by atoms with Crippen LogP contribution in [0.4, 0.5) is 50.3 Å². The van der Waals surface area contributed by atoms with Gasteiger partial charge >= 0.3 is 42.2 Å². The Morgan fingerprint density at radius 2 is 1.13 bits per heavy atom. The standard InChI is InChI=1S/C33H38N4O3.C24H31N11O8S2.C17H18ClN5O7S2.C2HF3O2.BH.U/c1-32(2,3)40-31(39)34-22-14-21-29(38)23-25-24-35-37(4)30(25)36-33(26-15-8-5-9-16-26,27-17-10-6-11-18-27)28-19-12-7-13-20-28;1-24(2,21(40)41)43-31-14(17-30-22(27)45-32-17)13(36)6-11-18(37)35-15(20(38)39)10(9-44-19(11)35)7-34-8-12(16(26)33(34)3)29-23(42)28-5-4-25;1-17(2,15(28)29)30-21-9(11-20-16(19)32-22-11)8(24)3-7-12(25)23-10(14(26)27)6(4-18)5-31-13(7)23;3-2(4,5)1(6)7;;/h5-13,15-20,24,36H,14,21-23H2,1-4H3,(H,34,39);8,11,19,26H,4-7,9,25H2,1-3H3,(H6,27,28,29,30,32,38,39,40,41,42);7,13H,3-5H2,1-2H3,(H,26,27)(H,28,29)(H2,19,20,22);(H,6,7);1H;/b;31-14+;21-9+;;;/t;11-,19?;7-,13?;;;/m.11.../s1/i;;;;1T;. The smallest absolute Gasteiger partial charge is 0.430 e. The molecule has 4 aliphatic heterocycles. The number of aryl methyl sites for hydroxylation is 1. The second-order valence-electron chi connectivity index (χ2n) is 29.4. The second kappa shape index (κ2) is 44.6. The van der Waals surface area contributed by atoms with Crippen LogP contribution in [0.5, 0.6) is 0 Å². The minimum absolute atomic E-state index is 0. The van der Waals surface area contributed by atoms with E-state index in [0.717, 1.165) is 60.9 Å². The number of anilines is 5. The minimum Gasteiger partial charge on any atom is -0.542 e. The predicted molar refractivity (Wildman–Crippen MR) is 452 cm³/mol. The number of carbonyl (C=O) groups excluding carboxylic acids is 8. The number of benzene rings is 3. The van der Waals surface area contributed by atoms with E-state index in [4.69, 9.17) is 60.2 Å². The van der Waals surface area contributed by atoms with Crippen molar-refractivity contribution in [3.63, 3.8) is 0 Å². The van der Waals surface area contributed by atoms with Crippen LogP contribution in [0.25, 0.3) is 0 Å². The van der Waals surface area contributed by atoms with Crippen molar-refractivity contribution >= 4 is 177 Å². The molecule has 2 saturated heterocycles. The molecule has 11 rings (SSSR count). The average molecular weight is 2070 g/mol. The van der Waals surface area contributed by atoms with Crippen molar-refractivity contribution in [2.24, 2.45) is 42.0 Å². The van der Waals surface area contributed by atoms with Crippen molar-refractivity contribution in [1.29, 1.82) is 1.34 Å². The van der Waals surface area contributed by atoms with Gasteiger partial charge in [-0.2, -0.15) is 37.0 Å². The summed E-state index contributed by atoms with van der Waals surface area (Å²) in [4.78, 5) is 165. The molecule has 4 atom stereocenters. The van der Waals surface area contributed by atoms with Crippen LogP contribution in [-0.2, 0) is 95.0 Å². The number of carbonyl (C=O) groups is 12. The van der Waals surface area contributed by atoms with Crippen LogP contribution >= 0.6 is 58.2 Å². The molecule has 16 N–H and O–H groups in total. The summed E-state index contributed by atoms with van der Waals surface area (Å²) in [5.74, 6) is -11.3. The molecule has 2 fully saturated rings. The van der Waals surface area contributed by atoms with Gasteiger partial charge < -0.3 is 83.6 Å². The number of ketones is 3. The summed E-state index contributed by atoms with van der Waals surface area (Å²) in [6, 6.07) is 30.4. The molecule has 4 aliphatic rings. The topological polar surface area (TPSA) is 598 Å². The first-order chi connectivity index (χ1) is 59.3. The van der Waals surface area contributed by atoms with Gasteiger partial charge in [-0.3, -0.25) is 43.8 Å². The van der Waals surface area contributed by atoms with Gasteiger partial charge in [-0.05, 0) is 78.5 Å². The molecule has 0 aliphatic carbocycles. The number of nitrogens with one attached hydrogen (secondary N) is 4. The van der Waals surface area contributed by atoms with Crippen LogP contribution in [-0.4, -0.2) is 226 Å². The Balaban J connectivity index is 0.000000282. The number of β-lactam (4-membered cyclic amide) rings is 2. The monoisotopic (exact) mass is 2070 g/mol. The maximum atomic E-state index is 13.3. The molecule has 126 heavy (non-hydrogen) atoms. The van der Waals surface area contributed by atoms with E-state index in [1.165, 1.54) is 62.1 Å². The number of carboxylic acid groups (broad SMARTS) is 5. The number of alkyl halides is 4. The maximum absolute atomic E-state index is 13.3. The van der Waals surface area contributed by atoms with Gasteiger partial charge in [0.25, 0.3) is 0 Å². The molecule has 8 heterocycles. The molecule has 4 aromatic heterocycles. The van der Waals surface area contributed by atoms with E-state index in [9.17, 15) is 86.3 Å². The van der Waals surface area contributed by atoms with E-state index < -0.39 is 129 Å². The summed E-state index contributed by atoms with van der Waals surface area (Å²) >= 11 is 9.97. The van der Waals surface area contributed by atoms with E-state index in [1.807, 2.05) is 82.4 Å². The van der Waals surface area contributed by atoms with E-state index in [0.29, 0.717) is 36.3 Å². The predicted octanol–water partition coefficient (Wildman–Crippen LogP) is 4.18. The largest absolute Gasteiger partial charge is 0.542 e. The molecule has 672 valence electrons. The zero-order chi connectivity index (χ0) is 93.7. The third-order valence-corrected chi connectivity index (χ3v) is 22.7. The number of hydrogen-bond acceptors (Lipinski definition) is 32. The number of ether oxygens (including phenoxy) is 1. The number of nitrogen functional groups attached to an aromatic ring is 3. The quantitative estimate of drug-likeness (QED) is 0.00401. The van der Waals surface area contributed by atoms with E-state index in [2.05, 4.69) is 100 Å². The zero-order valence-electron chi connectivity index (χ0n) is 69.8. The number of rotatable bonds is 33. The summed E-state index contributed by atoms with van der Waals surface area (Å²) in [6.07, 6.45) is -2.00. The number of fused-ring (bicyclic) bond motifs is 2. The van der Waals surface area contributed by atoms with Gasteiger partial charge in [0.1, 0.15) is 40.1 Å². The number of aliphatic carboxylic acids is 5. The van der Waals surface area contributed by atoms with Gasteiger partial charge in [0, 0.05) is 143 Å². The molecule has 0 spiro atoms. The Morgan fingerprint density at radius 3 is 1.52 bits per heavy atom. The van der Waals surface area contributed by atoms with Crippen molar-refractivity contribution < 1.29 is 146 Å². The Hall–Kier alpha value is -11.5. The number of amides is 5. The molecule has 2 radical (unpaired) electrons. The van der Waals surface area contributed by atoms with Gasteiger partial charge in [0.2, 0.25) is 40.9 Å². The molecule has 5 amide bonds. The first-order valence-electron chi connectivity index (χ1n) is 37.8. The van der Waals surface area contributed by atoms with Crippen LogP contribution < -0.4 is 54.0 Å². The van der Waals surface area contributed by atoms with Gasteiger partial charge in [-0.25, -0.2) is 28.8 Å². The van der Waals surface area contributed by atoms with Crippen molar-refractivity contribution in [2.75, 3.05) is 64.9 Å². The molecule has 0 saturated carbocycles.